The van der Waals surface area contributed by atoms with Gasteiger partial charge in [-0.1, -0.05) is 56.1 Å². The summed E-state index contributed by atoms with van der Waals surface area (Å²) in [5, 5.41) is 16.1. The number of aliphatic hydroxyl groups is 1. The van der Waals surface area contributed by atoms with Crippen LogP contribution in [0.15, 0.2) is 51.4 Å². The molecule has 5 heteroatoms. The molecule has 0 spiro atoms. The SMILES string of the molecule is Cn1nc(CC(O)c2ccc(Br)cc2Br)c2ccccc21. The van der Waals surface area contributed by atoms with Crippen molar-refractivity contribution in [2.24, 2.45) is 7.05 Å². The van der Waals surface area contributed by atoms with E-state index in [1.165, 1.54) is 0 Å². The van der Waals surface area contributed by atoms with E-state index in [-0.39, 0.29) is 0 Å². The number of nitrogens with zero attached hydrogens (tertiary/aromatic N) is 2. The Balaban J connectivity index is 1.94. The van der Waals surface area contributed by atoms with Gasteiger partial charge in [0.05, 0.1) is 17.3 Å². The first-order valence-corrected chi connectivity index (χ1v) is 8.18. The number of para-hydroxylation sites is 1. The lowest BCUT2D eigenvalue weighted by atomic mass is 10.0. The molecule has 0 radical (unpaired) electrons. The number of aryl methyl sites for hydroxylation is 1. The third-order valence-electron chi connectivity index (χ3n) is 3.54. The van der Waals surface area contributed by atoms with Gasteiger partial charge in [0.2, 0.25) is 0 Å². The fraction of sp³-hybridized carbons (Fsp3) is 0.188. The number of benzene rings is 2. The van der Waals surface area contributed by atoms with Gasteiger partial charge in [0.25, 0.3) is 0 Å². The summed E-state index contributed by atoms with van der Waals surface area (Å²) in [4.78, 5) is 0. The Bertz CT molecular complexity index is 798. The number of hydrogen-bond donors (Lipinski definition) is 1. The van der Waals surface area contributed by atoms with E-state index in [1.54, 1.807) is 0 Å². The van der Waals surface area contributed by atoms with Crippen LogP contribution < -0.4 is 0 Å². The average molecular weight is 410 g/mol. The highest BCUT2D eigenvalue weighted by atomic mass is 79.9. The fourth-order valence-corrected chi connectivity index (χ4v) is 3.82. The highest BCUT2D eigenvalue weighted by molar-refractivity contribution is 9.11. The van der Waals surface area contributed by atoms with Crippen LogP contribution in [0.2, 0.25) is 0 Å². The van der Waals surface area contributed by atoms with E-state index in [9.17, 15) is 5.11 Å². The standard InChI is InChI=1S/C16H14Br2N2O/c1-20-15-5-3-2-4-12(15)14(19-20)9-16(21)11-7-6-10(17)8-13(11)18/h2-8,16,21H,9H2,1H3. The monoisotopic (exact) mass is 408 g/mol. The van der Waals surface area contributed by atoms with E-state index in [4.69, 9.17) is 0 Å². The Morgan fingerprint density at radius 2 is 1.95 bits per heavy atom. The molecule has 0 aliphatic rings. The highest BCUT2D eigenvalue weighted by Gasteiger charge is 2.16. The summed E-state index contributed by atoms with van der Waals surface area (Å²) in [6.07, 6.45) is -0.104. The maximum atomic E-state index is 10.5. The molecule has 0 amide bonds. The van der Waals surface area contributed by atoms with Crippen LogP contribution in [0.3, 0.4) is 0 Å². The van der Waals surface area contributed by atoms with Gasteiger partial charge in [0.15, 0.2) is 0 Å². The molecule has 3 rings (SSSR count). The molecule has 0 saturated heterocycles. The van der Waals surface area contributed by atoms with Crippen LogP contribution in [0.1, 0.15) is 17.4 Å². The summed E-state index contributed by atoms with van der Waals surface area (Å²) in [5.41, 5.74) is 2.86. The molecule has 21 heavy (non-hydrogen) atoms. The quantitative estimate of drug-likeness (QED) is 0.697. The lowest BCUT2D eigenvalue weighted by Crippen LogP contribution is -2.04. The fourth-order valence-electron chi connectivity index (χ4n) is 2.50. The Hall–Kier alpha value is -1.17. The normalized spacial score (nSPS) is 12.8. The van der Waals surface area contributed by atoms with Gasteiger partial charge in [0.1, 0.15) is 0 Å². The van der Waals surface area contributed by atoms with Gasteiger partial charge >= 0.3 is 0 Å². The minimum absolute atomic E-state index is 0.488. The molecule has 3 nitrogen and oxygen atoms in total. The van der Waals surface area contributed by atoms with Crippen molar-refractivity contribution in [3.63, 3.8) is 0 Å². The zero-order chi connectivity index (χ0) is 15.0. The number of aromatic nitrogens is 2. The molecule has 0 saturated carbocycles. The second-order valence-electron chi connectivity index (χ2n) is 4.97. The summed E-state index contributed by atoms with van der Waals surface area (Å²) in [7, 11) is 1.92. The number of halogens is 2. The molecule has 1 atom stereocenters. The molecule has 108 valence electrons. The van der Waals surface area contributed by atoms with Gasteiger partial charge in [-0.05, 0) is 23.8 Å². The van der Waals surface area contributed by atoms with Crippen molar-refractivity contribution in [1.82, 2.24) is 9.78 Å². The first-order valence-electron chi connectivity index (χ1n) is 6.60. The molecule has 0 bridgehead atoms. The van der Waals surface area contributed by atoms with Crippen molar-refractivity contribution < 1.29 is 5.11 Å². The summed E-state index contributed by atoms with van der Waals surface area (Å²) in [6.45, 7) is 0. The van der Waals surface area contributed by atoms with Crippen molar-refractivity contribution in [3.8, 4) is 0 Å². The third-order valence-corrected chi connectivity index (χ3v) is 4.72. The van der Waals surface area contributed by atoms with E-state index in [1.807, 2.05) is 54.2 Å². The predicted octanol–water partition coefficient (Wildman–Crippen LogP) is 4.37. The van der Waals surface area contributed by atoms with Crippen molar-refractivity contribution in [1.29, 1.82) is 0 Å². The number of rotatable bonds is 3. The molecular weight excluding hydrogens is 396 g/mol. The zero-order valence-electron chi connectivity index (χ0n) is 11.4. The minimum Gasteiger partial charge on any atom is -0.388 e. The van der Waals surface area contributed by atoms with Crippen LogP contribution in [0.5, 0.6) is 0 Å². The largest absolute Gasteiger partial charge is 0.388 e. The van der Waals surface area contributed by atoms with Crippen LogP contribution >= 0.6 is 31.9 Å². The van der Waals surface area contributed by atoms with Gasteiger partial charge in [-0.15, -0.1) is 0 Å². The molecule has 1 unspecified atom stereocenters. The molecule has 3 aromatic rings. The van der Waals surface area contributed by atoms with Crippen molar-refractivity contribution in [2.75, 3.05) is 0 Å². The van der Waals surface area contributed by atoms with Crippen molar-refractivity contribution >= 4 is 42.8 Å². The smallest absolute Gasteiger partial charge is 0.0857 e. The molecule has 0 aliphatic carbocycles. The first kappa shape index (κ1) is 14.8. The molecular formula is C16H14Br2N2O. The Labute approximate surface area is 139 Å². The maximum Gasteiger partial charge on any atom is 0.0857 e. The lowest BCUT2D eigenvalue weighted by Gasteiger charge is -2.12. The van der Waals surface area contributed by atoms with Gasteiger partial charge in [-0.2, -0.15) is 5.10 Å². The minimum atomic E-state index is -0.592. The van der Waals surface area contributed by atoms with Crippen LogP contribution in [0.25, 0.3) is 10.9 Å². The lowest BCUT2D eigenvalue weighted by molar-refractivity contribution is 0.176. The summed E-state index contributed by atoms with van der Waals surface area (Å²) in [6, 6.07) is 13.9. The molecule has 2 aromatic carbocycles. The predicted molar refractivity (Wildman–Crippen MR) is 91.2 cm³/mol. The first-order chi connectivity index (χ1) is 10.1. The molecule has 0 fully saturated rings. The second kappa shape index (κ2) is 5.91. The molecule has 1 heterocycles. The van der Waals surface area contributed by atoms with E-state index in [0.29, 0.717) is 6.42 Å². The summed E-state index contributed by atoms with van der Waals surface area (Å²) in [5.74, 6) is 0. The van der Waals surface area contributed by atoms with Crippen LogP contribution in [-0.2, 0) is 13.5 Å². The van der Waals surface area contributed by atoms with Gasteiger partial charge in [-0.25, -0.2) is 0 Å². The van der Waals surface area contributed by atoms with Crippen LogP contribution in [0.4, 0.5) is 0 Å². The van der Waals surface area contributed by atoms with E-state index in [2.05, 4.69) is 37.0 Å². The van der Waals surface area contributed by atoms with E-state index >= 15 is 0 Å². The summed E-state index contributed by atoms with van der Waals surface area (Å²) >= 11 is 6.92. The second-order valence-corrected chi connectivity index (χ2v) is 6.74. The van der Waals surface area contributed by atoms with E-state index < -0.39 is 6.10 Å². The van der Waals surface area contributed by atoms with Crippen LogP contribution in [-0.4, -0.2) is 14.9 Å². The van der Waals surface area contributed by atoms with Gasteiger partial charge in [0, 0.05) is 27.8 Å². The molecule has 1 aromatic heterocycles. The average Bonchev–Trinajstić information content (AvgIpc) is 2.76. The van der Waals surface area contributed by atoms with Gasteiger partial charge in [-0.3, -0.25) is 4.68 Å². The van der Waals surface area contributed by atoms with E-state index in [0.717, 1.165) is 31.1 Å². The van der Waals surface area contributed by atoms with Gasteiger partial charge < -0.3 is 5.11 Å². The number of aliphatic hydroxyl groups excluding tert-OH is 1. The summed E-state index contributed by atoms with van der Waals surface area (Å²) < 4.78 is 3.73. The Kier molecular flexibility index (Phi) is 4.15. The number of hydrogen-bond acceptors (Lipinski definition) is 2. The van der Waals surface area contributed by atoms with Crippen LogP contribution in [0, 0.1) is 0 Å². The zero-order valence-corrected chi connectivity index (χ0v) is 14.6. The Morgan fingerprint density at radius 3 is 2.71 bits per heavy atom. The topological polar surface area (TPSA) is 38.0 Å². The third kappa shape index (κ3) is 2.91. The Morgan fingerprint density at radius 1 is 1.19 bits per heavy atom. The molecule has 0 aliphatic heterocycles. The highest BCUT2D eigenvalue weighted by Crippen LogP contribution is 2.30. The molecule has 1 N–H and O–H groups in total. The van der Waals surface area contributed by atoms with Crippen molar-refractivity contribution in [3.05, 3.63) is 62.7 Å². The van der Waals surface area contributed by atoms with Crippen molar-refractivity contribution in [2.45, 2.75) is 12.5 Å². The number of fused-ring (bicyclic) bond motifs is 1. The maximum absolute atomic E-state index is 10.5.